The topological polar surface area (TPSA) is 26.3 Å². The number of ketones is 1. The predicted molar refractivity (Wildman–Crippen MR) is 61.8 cm³/mol. The number of carbonyl (C=O) groups excluding carboxylic acids is 1. The first-order valence-corrected chi connectivity index (χ1v) is 5.96. The lowest BCUT2D eigenvalue weighted by atomic mass is 9.68. The Morgan fingerprint density at radius 1 is 1.40 bits per heavy atom. The fraction of sp³-hybridized carbons (Fsp3) is 0.923. The van der Waals surface area contributed by atoms with E-state index in [0.29, 0.717) is 23.7 Å². The van der Waals surface area contributed by atoms with Crippen LogP contribution in [0.25, 0.3) is 0 Å². The minimum absolute atomic E-state index is 0.253. The van der Waals surface area contributed by atoms with Crippen LogP contribution in [0.5, 0.6) is 0 Å². The molecule has 0 aromatic heterocycles. The number of hydrogen-bond donors (Lipinski definition) is 0. The minimum Gasteiger partial charge on any atom is -0.385 e. The van der Waals surface area contributed by atoms with Gasteiger partial charge in [-0.05, 0) is 30.6 Å². The molecule has 0 aliphatic heterocycles. The zero-order valence-corrected chi connectivity index (χ0v) is 10.5. The van der Waals surface area contributed by atoms with Crippen LogP contribution in [0.1, 0.15) is 46.5 Å². The molecule has 88 valence electrons. The Morgan fingerprint density at radius 3 is 2.60 bits per heavy atom. The van der Waals surface area contributed by atoms with E-state index in [1.807, 2.05) is 0 Å². The van der Waals surface area contributed by atoms with E-state index >= 15 is 0 Å². The van der Waals surface area contributed by atoms with Gasteiger partial charge < -0.3 is 4.74 Å². The fourth-order valence-electron chi connectivity index (χ4n) is 2.44. The molecule has 0 amide bonds. The van der Waals surface area contributed by atoms with E-state index in [9.17, 15) is 4.79 Å². The molecule has 0 heterocycles. The van der Waals surface area contributed by atoms with E-state index in [2.05, 4.69) is 20.8 Å². The number of ether oxygens (including phenoxy) is 1. The van der Waals surface area contributed by atoms with Crippen LogP contribution >= 0.6 is 0 Å². The zero-order valence-electron chi connectivity index (χ0n) is 10.5. The third-order valence-corrected chi connectivity index (χ3v) is 3.66. The maximum absolute atomic E-state index is 11.7. The van der Waals surface area contributed by atoms with Gasteiger partial charge in [0.25, 0.3) is 0 Å². The highest BCUT2D eigenvalue weighted by Gasteiger charge is 2.34. The van der Waals surface area contributed by atoms with E-state index in [4.69, 9.17) is 4.74 Å². The molecule has 2 unspecified atom stereocenters. The average molecular weight is 212 g/mol. The Morgan fingerprint density at radius 2 is 2.07 bits per heavy atom. The summed E-state index contributed by atoms with van der Waals surface area (Å²) in [5, 5.41) is 0. The summed E-state index contributed by atoms with van der Waals surface area (Å²) in [6.45, 7) is 7.55. The van der Waals surface area contributed by atoms with Gasteiger partial charge in [0.1, 0.15) is 5.78 Å². The molecule has 0 radical (unpaired) electrons. The molecule has 1 fully saturated rings. The monoisotopic (exact) mass is 212 g/mol. The molecule has 1 saturated carbocycles. The second kappa shape index (κ2) is 5.11. The van der Waals surface area contributed by atoms with Crippen LogP contribution in [0, 0.1) is 17.3 Å². The predicted octanol–water partition coefficient (Wildman–Crippen LogP) is 3.05. The molecule has 1 aliphatic carbocycles. The van der Waals surface area contributed by atoms with Crippen LogP contribution in [0.15, 0.2) is 0 Å². The van der Waals surface area contributed by atoms with Crippen LogP contribution in [-0.2, 0) is 9.53 Å². The standard InChI is InChI=1S/C13H24O2/c1-13(2,3)11-5-6-12(14)10(9-11)7-8-15-4/h10-11H,5-9H2,1-4H3. The summed E-state index contributed by atoms with van der Waals surface area (Å²) in [5.74, 6) is 1.40. The summed E-state index contributed by atoms with van der Waals surface area (Å²) in [5.41, 5.74) is 0.339. The highest BCUT2D eigenvalue weighted by molar-refractivity contribution is 5.81. The molecule has 0 spiro atoms. The molecular formula is C13H24O2. The lowest BCUT2D eigenvalue weighted by Gasteiger charge is -2.37. The summed E-state index contributed by atoms with van der Waals surface area (Å²) < 4.78 is 5.06. The van der Waals surface area contributed by atoms with Gasteiger partial charge in [0.15, 0.2) is 0 Å². The second-order valence-electron chi connectivity index (χ2n) is 5.78. The molecule has 0 N–H and O–H groups in total. The van der Waals surface area contributed by atoms with Gasteiger partial charge in [-0.2, -0.15) is 0 Å². The van der Waals surface area contributed by atoms with Crippen molar-refractivity contribution in [2.24, 2.45) is 17.3 Å². The minimum atomic E-state index is 0.253. The molecule has 0 saturated heterocycles. The first-order chi connectivity index (χ1) is 6.95. The van der Waals surface area contributed by atoms with Gasteiger partial charge in [0.05, 0.1) is 0 Å². The molecule has 2 nitrogen and oxygen atoms in total. The summed E-state index contributed by atoms with van der Waals surface area (Å²) in [7, 11) is 1.70. The van der Waals surface area contributed by atoms with E-state index in [0.717, 1.165) is 25.7 Å². The molecule has 15 heavy (non-hydrogen) atoms. The third-order valence-electron chi connectivity index (χ3n) is 3.66. The van der Waals surface area contributed by atoms with Gasteiger partial charge in [-0.15, -0.1) is 0 Å². The first-order valence-electron chi connectivity index (χ1n) is 5.96. The lowest BCUT2D eigenvalue weighted by Crippen LogP contribution is -2.32. The molecule has 0 aromatic rings. The molecule has 0 aromatic carbocycles. The molecule has 2 heteroatoms. The van der Waals surface area contributed by atoms with Gasteiger partial charge in [0, 0.05) is 26.1 Å². The number of methoxy groups -OCH3 is 1. The highest BCUT2D eigenvalue weighted by atomic mass is 16.5. The number of hydrogen-bond acceptors (Lipinski definition) is 2. The maximum Gasteiger partial charge on any atom is 0.136 e. The Balaban J connectivity index is 2.52. The van der Waals surface area contributed by atoms with Gasteiger partial charge >= 0.3 is 0 Å². The summed E-state index contributed by atoms with van der Waals surface area (Å²) >= 11 is 0. The smallest absolute Gasteiger partial charge is 0.136 e. The van der Waals surface area contributed by atoms with Gasteiger partial charge in [-0.25, -0.2) is 0 Å². The summed E-state index contributed by atoms with van der Waals surface area (Å²) in [6, 6.07) is 0. The van der Waals surface area contributed by atoms with Crippen molar-refractivity contribution in [1.29, 1.82) is 0 Å². The Hall–Kier alpha value is -0.370. The highest BCUT2D eigenvalue weighted by Crippen LogP contribution is 2.39. The second-order valence-corrected chi connectivity index (χ2v) is 5.78. The molecule has 2 atom stereocenters. The van der Waals surface area contributed by atoms with E-state index < -0.39 is 0 Å². The summed E-state index contributed by atoms with van der Waals surface area (Å²) in [6.07, 6.45) is 3.82. The number of carbonyl (C=O) groups is 1. The molecule has 1 rings (SSSR count). The molecular weight excluding hydrogens is 188 g/mol. The average Bonchev–Trinajstić information content (AvgIpc) is 2.15. The van der Waals surface area contributed by atoms with Crippen molar-refractivity contribution < 1.29 is 9.53 Å². The molecule has 0 bridgehead atoms. The normalized spacial score (nSPS) is 28.1. The Labute approximate surface area is 93.4 Å². The number of Topliss-reactive ketones (excluding diaryl/α,β-unsaturated/α-hetero) is 1. The van der Waals surface area contributed by atoms with Gasteiger partial charge in [-0.3, -0.25) is 4.79 Å². The van der Waals surface area contributed by atoms with Crippen LogP contribution in [-0.4, -0.2) is 19.5 Å². The quantitative estimate of drug-likeness (QED) is 0.718. The van der Waals surface area contributed by atoms with Crippen molar-refractivity contribution in [2.75, 3.05) is 13.7 Å². The van der Waals surface area contributed by atoms with Crippen LogP contribution in [0.2, 0.25) is 0 Å². The summed E-state index contributed by atoms with van der Waals surface area (Å²) in [4.78, 5) is 11.7. The van der Waals surface area contributed by atoms with E-state index in [1.165, 1.54) is 0 Å². The van der Waals surface area contributed by atoms with Crippen LogP contribution in [0.4, 0.5) is 0 Å². The van der Waals surface area contributed by atoms with Crippen molar-refractivity contribution in [3.8, 4) is 0 Å². The van der Waals surface area contributed by atoms with Crippen molar-refractivity contribution in [1.82, 2.24) is 0 Å². The Kier molecular flexibility index (Phi) is 4.32. The first kappa shape index (κ1) is 12.7. The van der Waals surface area contributed by atoms with Crippen molar-refractivity contribution >= 4 is 5.78 Å². The fourth-order valence-corrected chi connectivity index (χ4v) is 2.44. The van der Waals surface area contributed by atoms with Crippen LogP contribution < -0.4 is 0 Å². The zero-order chi connectivity index (χ0) is 11.5. The Bertz CT molecular complexity index is 215. The van der Waals surface area contributed by atoms with E-state index in [-0.39, 0.29) is 5.92 Å². The SMILES string of the molecule is COCCC1CC(C(C)(C)C)CCC1=O. The van der Waals surface area contributed by atoms with E-state index in [1.54, 1.807) is 7.11 Å². The number of rotatable bonds is 3. The van der Waals surface area contributed by atoms with Crippen molar-refractivity contribution in [3.05, 3.63) is 0 Å². The maximum atomic E-state index is 11.7. The van der Waals surface area contributed by atoms with Gasteiger partial charge in [0.2, 0.25) is 0 Å². The lowest BCUT2D eigenvalue weighted by molar-refractivity contribution is -0.127. The third kappa shape index (κ3) is 3.60. The molecule has 1 aliphatic rings. The largest absolute Gasteiger partial charge is 0.385 e. The van der Waals surface area contributed by atoms with Crippen molar-refractivity contribution in [3.63, 3.8) is 0 Å². The van der Waals surface area contributed by atoms with Gasteiger partial charge in [-0.1, -0.05) is 20.8 Å². The van der Waals surface area contributed by atoms with Crippen LogP contribution in [0.3, 0.4) is 0 Å². The van der Waals surface area contributed by atoms with Crippen molar-refractivity contribution in [2.45, 2.75) is 46.5 Å².